The van der Waals surface area contributed by atoms with Crippen molar-refractivity contribution in [2.24, 2.45) is 0 Å². The Morgan fingerprint density at radius 3 is 2.59 bits per heavy atom. The fourth-order valence-electron chi connectivity index (χ4n) is 4.19. The van der Waals surface area contributed by atoms with E-state index >= 15 is 0 Å². The SMILES string of the molecule is CC(Oc1cc(-c2ccn(C3CCN(C(=O)OC(C)(C)C)CC3)n2)cnc1N)c1c(Cl)ccc(F)c1Cl. The van der Waals surface area contributed by atoms with Crippen molar-refractivity contribution < 1.29 is 18.7 Å². The van der Waals surface area contributed by atoms with E-state index in [9.17, 15) is 9.18 Å². The Kier molecular flexibility index (Phi) is 7.85. The van der Waals surface area contributed by atoms with Crippen LogP contribution >= 0.6 is 23.2 Å². The zero-order valence-corrected chi connectivity index (χ0v) is 22.7. The zero-order chi connectivity index (χ0) is 26.9. The van der Waals surface area contributed by atoms with Gasteiger partial charge in [0, 0.05) is 41.6 Å². The molecule has 198 valence electrons. The van der Waals surface area contributed by atoms with Gasteiger partial charge in [0.25, 0.3) is 0 Å². The summed E-state index contributed by atoms with van der Waals surface area (Å²) in [7, 11) is 0. The first kappa shape index (κ1) is 27.0. The number of aromatic nitrogens is 3. The van der Waals surface area contributed by atoms with Gasteiger partial charge in [-0.15, -0.1) is 0 Å². The molecule has 3 heterocycles. The Morgan fingerprint density at radius 2 is 1.92 bits per heavy atom. The van der Waals surface area contributed by atoms with E-state index in [0.717, 1.165) is 12.8 Å². The van der Waals surface area contributed by atoms with Crippen molar-refractivity contribution in [3.8, 4) is 17.0 Å². The number of pyridine rings is 1. The summed E-state index contributed by atoms with van der Waals surface area (Å²) in [4.78, 5) is 18.3. The van der Waals surface area contributed by atoms with Crippen molar-refractivity contribution >= 4 is 35.1 Å². The standard InChI is InChI=1S/C26H30Cl2FN5O3/c1-15(22-18(27)5-6-19(29)23(22)28)36-21-13-16(14-31-24(21)30)20-9-12-34(32-20)17-7-10-33(11-8-17)25(35)37-26(2,3)4/h5-6,9,12-15,17H,7-8,10-11H2,1-4H3,(H2,30,31). The van der Waals surface area contributed by atoms with Gasteiger partial charge in [-0.1, -0.05) is 23.2 Å². The number of carbonyl (C=O) groups excluding carboxylic acids is 1. The van der Waals surface area contributed by atoms with Crippen LogP contribution in [-0.4, -0.2) is 44.4 Å². The lowest BCUT2D eigenvalue weighted by molar-refractivity contribution is 0.0185. The molecule has 4 rings (SSSR count). The quantitative estimate of drug-likeness (QED) is 0.356. The number of ether oxygens (including phenoxy) is 2. The van der Waals surface area contributed by atoms with Gasteiger partial charge in [0.1, 0.15) is 17.5 Å². The van der Waals surface area contributed by atoms with Crippen molar-refractivity contribution in [2.75, 3.05) is 18.8 Å². The van der Waals surface area contributed by atoms with Crippen LogP contribution in [0.4, 0.5) is 15.0 Å². The average molecular weight is 550 g/mol. The number of hydrogen-bond donors (Lipinski definition) is 1. The molecule has 0 radical (unpaired) electrons. The van der Waals surface area contributed by atoms with Crippen molar-refractivity contribution in [1.82, 2.24) is 19.7 Å². The Hall–Kier alpha value is -3.04. The van der Waals surface area contributed by atoms with E-state index < -0.39 is 17.5 Å². The summed E-state index contributed by atoms with van der Waals surface area (Å²) in [5, 5.41) is 4.93. The fraction of sp³-hybridized carbons (Fsp3) is 0.423. The van der Waals surface area contributed by atoms with Gasteiger partial charge in [0.05, 0.1) is 16.8 Å². The molecule has 11 heteroatoms. The lowest BCUT2D eigenvalue weighted by Gasteiger charge is -2.33. The van der Waals surface area contributed by atoms with Crippen LogP contribution < -0.4 is 10.5 Å². The van der Waals surface area contributed by atoms with Gasteiger partial charge in [-0.2, -0.15) is 5.10 Å². The highest BCUT2D eigenvalue weighted by Crippen LogP contribution is 2.37. The maximum atomic E-state index is 14.0. The van der Waals surface area contributed by atoms with Crippen molar-refractivity contribution in [3.63, 3.8) is 0 Å². The molecule has 1 atom stereocenters. The summed E-state index contributed by atoms with van der Waals surface area (Å²) >= 11 is 12.4. The second kappa shape index (κ2) is 10.8. The Labute approximate surface area is 225 Å². The minimum atomic E-state index is -0.678. The first-order chi connectivity index (χ1) is 17.4. The van der Waals surface area contributed by atoms with Crippen LogP contribution in [0.3, 0.4) is 0 Å². The van der Waals surface area contributed by atoms with Crippen LogP contribution in [0.15, 0.2) is 36.7 Å². The number of piperidine rings is 1. The lowest BCUT2D eigenvalue weighted by atomic mass is 10.1. The summed E-state index contributed by atoms with van der Waals surface area (Å²) < 4.78 is 27.4. The minimum absolute atomic E-state index is 0.0980. The van der Waals surface area contributed by atoms with Gasteiger partial charge < -0.3 is 20.1 Å². The smallest absolute Gasteiger partial charge is 0.410 e. The molecule has 2 aromatic heterocycles. The molecule has 1 saturated heterocycles. The summed E-state index contributed by atoms with van der Waals surface area (Å²) in [5.41, 5.74) is 7.26. The minimum Gasteiger partial charge on any atom is -0.482 e. The highest BCUT2D eigenvalue weighted by molar-refractivity contribution is 6.36. The zero-order valence-electron chi connectivity index (χ0n) is 21.2. The van der Waals surface area contributed by atoms with Crippen molar-refractivity contribution in [1.29, 1.82) is 0 Å². The van der Waals surface area contributed by atoms with E-state index in [4.69, 9.17) is 43.5 Å². The van der Waals surface area contributed by atoms with Gasteiger partial charge in [-0.25, -0.2) is 14.2 Å². The lowest BCUT2D eigenvalue weighted by Crippen LogP contribution is -2.42. The first-order valence-electron chi connectivity index (χ1n) is 12.0. The third-order valence-corrected chi connectivity index (χ3v) is 6.78. The van der Waals surface area contributed by atoms with E-state index in [0.29, 0.717) is 35.7 Å². The molecule has 0 aliphatic carbocycles. The Bertz CT molecular complexity index is 1290. The summed E-state index contributed by atoms with van der Waals surface area (Å²) in [6.07, 6.45) is 4.09. The highest BCUT2D eigenvalue weighted by atomic mass is 35.5. The van der Waals surface area contributed by atoms with Gasteiger partial charge >= 0.3 is 6.09 Å². The number of halogens is 3. The van der Waals surface area contributed by atoms with Crippen molar-refractivity contribution in [3.05, 3.63) is 58.1 Å². The maximum absolute atomic E-state index is 14.0. The molecular weight excluding hydrogens is 520 g/mol. The normalized spacial score (nSPS) is 15.5. The number of nitrogens with two attached hydrogens (primary N) is 1. The predicted molar refractivity (Wildman–Crippen MR) is 141 cm³/mol. The third-order valence-electron chi connectivity index (χ3n) is 6.07. The molecule has 1 aliphatic heterocycles. The number of nitrogen functional groups attached to an aromatic ring is 1. The van der Waals surface area contributed by atoms with E-state index in [1.54, 1.807) is 24.1 Å². The molecule has 1 fully saturated rings. The Morgan fingerprint density at radius 1 is 1.22 bits per heavy atom. The average Bonchev–Trinajstić information content (AvgIpc) is 3.32. The van der Waals surface area contributed by atoms with Gasteiger partial charge in [-0.05, 0) is 64.8 Å². The van der Waals surface area contributed by atoms with Gasteiger partial charge in [0.2, 0.25) is 0 Å². The summed E-state index contributed by atoms with van der Waals surface area (Å²) in [6.45, 7) is 8.48. The van der Waals surface area contributed by atoms with Crippen molar-refractivity contribution in [2.45, 2.75) is 58.3 Å². The van der Waals surface area contributed by atoms with Crippen LogP contribution in [0.2, 0.25) is 10.0 Å². The van der Waals surface area contributed by atoms with E-state index in [1.807, 2.05) is 37.7 Å². The molecule has 0 spiro atoms. The molecule has 37 heavy (non-hydrogen) atoms. The topological polar surface area (TPSA) is 95.5 Å². The molecule has 0 saturated carbocycles. The maximum Gasteiger partial charge on any atom is 0.410 e. The molecule has 1 unspecified atom stereocenters. The largest absolute Gasteiger partial charge is 0.482 e. The third kappa shape index (κ3) is 6.27. The summed E-state index contributed by atoms with van der Waals surface area (Å²) in [6, 6.07) is 6.41. The molecule has 0 bridgehead atoms. The monoisotopic (exact) mass is 549 g/mol. The fourth-order valence-corrected chi connectivity index (χ4v) is 4.87. The molecule has 1 aromatic carbocycles. The number of anilines is 1. The molecule has 3 aromatic rings. The number of benzene rings is 1. The summed E-state index contributed by atoms with van der Waals surface area (Å²) in [5.74, 6) is -0.103. The number of nitrogens with zero attached hydrogens (tertiary/aromatic N) is 4. The second-order valence-electron chi connectivity index (χ2n) is 10.0. The molecule has 8 nitrogen and oxygen atoms in total. The second-order valence-corrected chi connectivity index (χ2v) is 10.8. The van der Waals surface area contributed by atoms with E-state index in [1.165, 1.54) is 12.1 Å². The molecule has 1 amide bonds. The van der Waals surface area contributed by atoms with E-state index in [2.05, 4.69) is 4.98 Å². The number of likely N-dealkylation sites (tertiary alicyclic amines) is 1. The van der Waals surface area contributed by atoms with Gasteiger partial charge in [0.15, 0.2) is 11.6 Å². The van der Waals surface area contributed by atoms with Crippen LogP contribution in [0.25, 0.3) is 11.3 Å². The number of hydrogen-bond acceptors (Lipinski definition) is 6. The molecule has 1 aliphatic rings. The van der Waals surface area contributed by atoms with Crippen LogP contribution in [0.1, 0.15) is 58.2 Å². The molecule has 2 N–H and O–H groups in total. The number of rotatable bonds is 5. The number of amides is 1. The predicted octanol–water partition coefficient (Wildman–Crippen LogP) is 6.69. The molecular formula is C26H30Cl2FN5O3. The van der Waals surface area contributed by atoms with Gasteiger partial charge in [-0.3, -0.25) is 4.68 Å². The van der Waals surface area contributed by atoms with E-state index in [-0.39, 0.29) is 28.0 Å². The highest BCUT2D eigenvalue weighted by Gasteiger charge is 2.28. The van der Waals surface area contributed by atoms with Crippen LogP contribution in [0.5, 0.6) is 5.75 Å². The first-order valence-corrected chi connectivity index (χ1v) is 12.8. The van der Waals surface area contributed by atoms with Crippen LogP contribution in [0, 0.1) is 5.82 Å². The van der Waals surface area contributed by atoms with Crippen LogP contribution in [-0.2, 0) is 4.74 Å². The number of carbonyl (C=O) groups is 1. The Balaban J connectivity index is 1.45.